The molecule has 2 heterocycles. The van der Waals surface area contributed by atoms with Gasteiger partial charge in [-0.25, -0.2) is 13.8 Å². The lowest BCUT2D eigenvalue weighted by atomic mass is 9.63. The number of piperidine rings is 1. The molecule has 1 saturated heterocycles. The number of likely N-dealkylation sites (tertiary alicyclic amines) is 1. The van der Waals surface area contributed by atoms with E-state index in [9.17, 15) is 13.6 Å². The van der Waals surface area contributed by atoms with Gasteiger partial charge in [-0.2, -0.15) is 5.10 Å². The van der Waals surface area contributed by atoms with Gasteiger partial charge in [0.15, 0.2) is 11.6 Å². The van der Waals surface area contributed by atoms with Gasteiger partial charge < -0.3 is 15.5 Å². The summed E-state index contributed by atoms with van der Waals surface area (Å²) in [5, 5.41) is 12.3. The Morgan fingerprint density at radius 3 is 2.31 bits per heavy atom. The average molecular weight is 639 g/mol. The van der Waals surface area contributed by atoms with E-state index < -0.39 is 11.6 Å². The van der Waals surface area contributed by atoms with Crippen molar-refractivity contribution >= 4 is 23.2 Å². The van der Waals surface area contributed by atoms with Crippen molar-refractivity contribution in [2.75, 3.05) is 18.4 Å². The molecular formula is C35H45ClF2N6O. The van der Waals surface area contributed by atoms with E-state index >= 15 is 0 Å². The Balaban J connectivity index is 1.10. The molecule has 242 valence electrons. The lowest BCUT2D eigenvalue weighted by Crippen LogP contribution is -2.55. The van der Waals surface area contributed by atoms with Crippen LogP contribution in [-0.4, -0.2) is 56.8 Å². The molecule has 2 aliphatic carbocycles. The number of halogens is 3. The molecule has 2 N–H and O–H groups in total. The molecule has 6 rings (SSSR count). The van der Waals surface area contributed by atoms with E-state index in [1.54, 1.807) is 12.4 Å². The highest BCUT2D eigenvalue weighted by Crippen LogP contribution is 2.47. The van der Waals surface area contributed by atoms with Crippen LogP contribution in [0.1, 0.15) is 76.2 Å². The Morgan fingerprint density at radius 2 is 1.64 bits per heavy atom. The highest BCUT2D eigenvalue weighted by molar-refractivity contribution is 6.30. The van der Waals surface area contributed by atoms with Crippen LogP contribution in [0, 0.1) is 23.0 Å². The van der Waals surface area contributed by atoms with Crippen molar-refractivity contribution in [3.8, 4) is 0 Å². The second-order valence-electron chi connectivity index (χ2n) is 13.5. The first-order chi connectivity index (χ1) is 21.9. The summed E-state index contributed by atoms with van der Waals surface area (Å²) in [4.78, 5) is 20.5. The van der Waals surface area contributed by atoms with Crippen LogP contribution in [0.15, 0.2) is 55.1 Å². The van der Waals surface area contributed by atoms with Crippen LogP contribution < -0.4 is 10.6 Å². The van der Waals surface area contributed by atoms with Gasteiger partial charge in [-0.05, 0) is 98.9 Å². The molecule has 2 aromatic carbocycles. The minimum absolute atomic E-state index is 0.142. The first-order valence-electron chi connectivity index (χ1n) is 16.7. The number of anilines is 1. The monoisotopic (exact) mass is 638 g/mol. The number of hydrogen-bond acceptors (Lipinski definition) is 5. The third kappa shape index (κ3) is 8.04. The highest BCUT2D eigenvalue weighted by Gasteiger charge is 2.44. The number of nitrogens with one attached hydrogen (secondary N) is 2. The minimum Gasteiger partial charge on any atom is -0.382 e. The van der Waals surface area contributed by atoms with Crippen molar-refractivity contribution in [3.05, 3.63) is 77.3 Å². The van der Waals surface area contributed by atoms with Crippen molar-refractivity contribution in [1.29, 1.82) is 0 Å². The van der Waals surface area contributed by atoms with Crippen molar-refractivity contribution in [1.82, 2.24) is 25.0 Å². The maximum absolute atomic E-state index is 14.2. The van der Waals surface area contributed by atoms with Gasteiger partial charge in [0.1, 0.15) is 12.7 Å². The van der Waals surface area contributed by atoms with Crippen LogP contribution in [0.2, 0.25) is 5.02 Å². The van der Waals surface area contributed by atoms with Gasteiger partial charge in [0.2, 0.25) is 5.91 Å². The number of benzene rings is 2. The molecule has 3 aromatic rings. The molecule has 10 heteroatoms. The fourth-order valence-corrected chi connectivity index (χ4v) is 8.15. The standard InChI is InChI=1S/C35H45ClF2N6O/c36-27-8-6-25(7-9-27)20-33(42-29-12-10-28(11-13-29)41-30-14-15-31(37)32(38)21-30)34(45)43-18-16-35(17-19-43,22-44-24-39-23-40-44)26-4-2-1-3-5-26/h6-9,14-15,21,23-24,26,28-29,33,41-42H,1-5,10-13,16-20,22H2/t28-,29-,33-/m1/s1. The fourth-order valence-electron chi connectivity index (χ4n) is 8.02. The molecule has 1 atom stereocenters. The smallest absolute Gasteiger partial charge is 0.240 e. The number of nitrogens with zero attached hydrogens (tertiary/aromatic N) is 4. The first kappa shape index (κ1) is 31.9. The van der Waals surface area contributed by atoms with Crippen LogP contribution in [0.3, 0.4) is 0 Å². The molecule has 0 bridgehead atoms. The van der Waals surface area contributed by atoms with E-state index in [0.717, 1.165) is 69.8 Å². The fraction of sp³-hybridized carbons (Fsp3) is 0.571. The minimum atomic E-state index is -0.842. The number of carbonyl (C=O) groups is 1. The summed E-state index contributed by atoms with van der Waals surface area (Å²) >= 11 is 6.17. The molecule has 0 radical (unpaired) electrons. The van der Waals surface area contributed by atoms with Crippen LogP contribution in [0.4, 0.5) is 14.5 Å². The van der Waals surface area contributed by atoms with E-state index in [1.807, 2.05) is 35.3 Å². The Kier molecular flexibility index (Phi) is 10.3. The molecular weight excluding hydrogens is 594 g/mol. The highest BCUT2D eigenvalue weighted by atomic mass is 35.5. The Morgan fingerprint density at radius 1 is 0.933 bits per heavy atom. The number of rotatable bonds is 10. The summed E-state index contributed by atoms with van der Waals surface area (Å²) < 4.78 is 29.1. The van der Waals surface area contributed by atoms with E-state index in [-0.39, 0.29) is 29.4 Å². The van der Waals surface area contributed by atoms with Gasteiger partial charge in [-0.15, -0.1) is 0 Å². The number of aromatic nitrogens is 3. The average Bonchev–Trinajstić information content (AvgIpc) is 3.58. The molecule has 7 nitrogen and oxygen atoms in total. The molecule has 0 unspecified atom stereocenters. The van der Waals surface area contributed by atoms with Crippen molar-refractivity contribution in [2.24, 2.45) is 11.3 Å². The zero-order valence-electron chi connectivity index (χ0n) is 25.9. The maximum atomic E-state index is 14.2. The molecule has 1 aliphatic heterocycles. The zero-order chi connectivity index (χ0) is 31.2. The van der Waals surface area contributed by atoms with Crippen LogP contribution in [0.5, 0.6) is 0 Å². The van der Waals surface area contributed by atoms with Gasteiger partial charge in [0, 0.05) is 48.5 Å². The summed E-state index contributed by atoms with van der Waals surface area (Å²) in [6.45, 7) is 2.38. The predicted molar refractivity (Wildman–Crippen MR) is 173 cm³/mol. The number of hydrogen-bond donors (Lipinski definition) is 2. The molecule has 1 aromatic heterocycles. The molecule has 45 heavy (non-hydrogen) atoms. The Hall–Kier alpha value is -3.04. The SMILES string of the molecule is O=C([C@@H](Cc1ccc(Cl)cc1)N[C@H]1CC[C@H](Nc2ccc(F)c(F)c2)CC1)N1CCC(Cn2cncn2)(C2CCCCC2)CC1. The van der Waals surface area contributed by atoms with Gasteiger partial charge in [-0.1, -0.05) is 43.0 Å². The van der Waals surface area contributed by atoms with Crippen LogP contribution >= 0.6 is 11.6 Å². The zero-order valence-corrected chi connectivity index (χ0v) is 26.7. The van der Waals surface area contributed by atoms with Crippen LogP contribution in [0.25, 0.3) is 0 Å². The van der Waals surface area contributed by atoms with Crippen molar-refractivity contribution in [2.45, 2.75) is 102 Å². The summed E-state index contributed by atoms with van der Waals surface area (Å²) in [5.74, 6) is -0.852. The van der Waals surface area contributed by atoms with Gasteiger partial charge in [0.25, 0.3) is 0 Å². The molecule has 3 aliphatic rings. The topological polar surface area (TPSA) is 75.1 Å². The summed E-state index contributed by atoms with van der Waals surface area (Å²) in [7, 11) is 0. The molecule has 3 fully saturated rings. The van der Waals surface area contributed by atoms with E-state index in [0.29, 0.717) is 23.0 Å². The lowest BCUT2D eigenvalue weighted by Gasteiger charge is -2.48. The van der Waals surface area contributed by atoms with Crippen molar-refractivity contribution in [3.63, 3.8) is 0 Å². The normalized spacial score (nSPS) is 23.0. The quantitative estimate of drug-likeness (QED) is 0.250. The van der Waals surface area contributed by atoms with Gasteiger partial charge >= 0.3 is 0 Å². The summed E-state index contributed by atoms with van der Waals surface area (Å²) in [6, 6.07) is 11.8. The Bertz CT molecular complexity index is 1380. The lowest BCUT2D eigenvalue weighted by molar-refractivity contribution is -0.137. The summed E-state index contributed by atoms with van der Waals surface area (Å²) in [5.41, 5.74) is 1.82. The Labute approximate surface area is 270 Å². The first-order valence-corrected chi connectivity index (χ1v) is 17.1. The third-order valence-corrected chi connectivity index (χ3v) is 10.8. The maximum Gasteiger partial charge on any atom is 0.240 e. The van der Waals surface area contributed by atoms with E-state index in [2.05, 4.69) is 25.6 Å². The third-order valence-electron chi connectivity index (χ3n) is 10.6. The predicted octanol–water partition coefficient (Wildman–Crippen LogP) is 7.02. The molecule has 2 saturated carbocycles. The molecule has 1 amide bonds. The van der Waals surface area contributed by atoms with Gasteiger partial charge in [-0.3, -0.25) is 9.48 Å². The largest absolute Gasteiger partial charge is 0.382 e. The van der Waals surface area contributed by atoms with E-state index in [4.69, 9.17) is 11.6 Å². The number of carbonyl (C=O) groups excluding carboxylic acids is 1. The second kappa shape index (κ2) is 14.6. The molecule has 0 spiro atoms. The van der Waals surface area contributed by atoms with Crippen LogP contribution in [-0.2, 0) is 17.8 Å². The van der Waals surface area contributed by atoms with Crippen molar-refractivity contribution < 1.29 is 13.6 Å². The summed E-state index contributed by atoms with van der Waals surface area (Å²) in [6.07, 6.45) is 16.0. The van der Waals surface area contributed by atoms with Gasteiger partial charge in [0.05, 0.1) is 6.04 Å². The second-order valence-corrected chi connectivity index (χ2v) is 13.9. The van der Waals surface area contributed by atoms with E-state index in [1.165, 1.54) is 38.2 Å². The number of amides is 1.